The summed E-state index contributed by atoms with van der Waals surface area (Å²) in [5.41, 5.74) is 2.18. The Hall–Kier alpha value is -2.01. The molecule has 5 nitrogen and oxygen atoms in total. The quantitative estimate of drug-likeness (QED) is 0.656. The van der Waals surface area contributed by atoms with Crippen molar-refractivity contribution in [1.29, 1.82) is 0 Å². The van der Waals surface area contributed by atoms with E-state index in [1.54, 1.807) is 13.2 Å². The van der Waals surface area contributed by atoms with E-state index < -0.39 is 0 Å². The third-order valence-electron chi connectivity index (χ3n) is 4.07. The number of aliphatic hydroxyl groups is 1. The number of methoxy groups -OCH3 is 1. The normalized spacial score (nSPS) is 13.4. The number of benzene rings is 1. The van der Waals surface area contributed by atoms with Crippen molar-refractivity contribution in [2.45, 2.75) is 32.1 Å². The van der Waals surface area contributed by atoms with Crippen molar-refractivity contribution in [3.05, 3.63) is 33.7 Å². The number of aryl methyl sites for hydroxylation is 1. The molecule has 118 valence electrons. The molecule has 1 N–H and O–H groups in total. The first-order valence-corrected chi connectivity index (χ1v) is 7.65. The van der Waals surface area contributed by atoms with Crippen LogP contribution in [-0.2, 0) is 12.8 Å². The zero-order chi connectivity index (χ0) is 15.5. The van der Waals surface area contributed by atoms with Crippen LogP contribution in [0.3, 0.4) is 0 Å². The van der Waals surface area contributed by atoms with Gasteiger partial charge in [0.25, 0.3) is 0 Å². The molecule has 0 aliphatic heterocycles. The molecule has 3 rings (SSSR count). The van der Waals surface area contributed by atoms with Crippen LogP contribution in [-0.4, -0.2) is 25.4 Å². The highest BCUT2D eigenvalue weighted by atomic mass is 16.5. The van der Waals surface area contributed by atoms with Gasteiger partial charge in [-0.25, -0.2) is 4.79 Å². The van der Waals surface area contributed by atoms with Crippen LogP contribution in [0.4, 0.5) is 0 Å². The molecule has 1 aliphatic carbocycles. The Balaban J connectivity index is 2.01. The summed E-state index contributed by atoms with van der Waals surface area (Å²) < 4.78 is 16.5. The summed E-state index contributed by atoms with van der Waals surface area (Å²) in [6.45, 7) is 0.679. The molecule has 1 heterocycles. The van der Waals surface area contributed by atoms with Crippen molar-refractivity contribution >= 4 is 11.0 Å². The minimum atomic E-state index is -0.237. The number of unbranched alkanes of at least 4 members (excludes halogenated alkanes) is 1. The average Bonchev–Trinajstić information content (AvgIpc) is 3.02. The van der Waals surface area contributed by atoms with Gasteiger partial charge in [0.15, 0.2) is 11.5 Å². The monoisotopic (exact) mass is 304 g/mol. The molecule has 2 aromatic rings. The van der Waals surface area contributed by atoms with E-state index >= 15 is 0 Å². The topological polar surface area (TPSA) is 68.9 Å². The third kappa shape index (κ3) is 2.68. The minimum Gasteiger partial charge on any atom is -0.493 e. The van der Waals surface area contributed by atoms with Crippen molar-refractivity contribution in [3.8, 4) is 11.5 Å². The molecule has 0 atom stereocenters. The summed E-state index contributed by atoms with van der Waals surface area (Å²) in [7, 11) is 1.56. The van der Waals surface area contributed by atoms with Gasteiger partial charge in [-0.2, -0.15) is 0 Å². The molecular formula is C17H20O5. The van der Waals surface area contributed by atoms with E-state index in [4.69, 9.17) is 19.0 Å². The molecule has 0 radical (unpaired) electrons. The van der Waals surface area contributed by atoms with E-state index in [0.29, 0.717) is 30.1 Å². The SMILES string of the molecule is COc1cc2oc(=O)c3c(c2cc1OCCCCO)CCC3. The summed E-state index contributed by atoms with van der Waals surface area (Å²) in [5.74, 6) is 1.20. The second kappa shape index (κ2) is 6.40. The molecule has 0 saturated carbocycles. The lowest BCUT2D eigenvalue weighted by Crippen LogP contribution is -2.07. The standard InChI is InChI=1S/C17H20O5/c1-20-15-10-14-13(9-16(15)21-8-3-2-7-18)11-5-4-6-12(11)17(19)22-14/h9-10,18H,2-8H2,1H3. The molecule has 22 heavy (non-hydrogen) atoms. The predicted octanol–water partition coefficient (Wildman–Crippen LogP) is 2.44. The molecule has 1 aromatic carbocycles. The second-order valence-electron chi connectivity index (χ2n) is 5.48. The van der Waals surface area contributed by atoms with Crippen molar-refractivity contribution in [2.75, 3.05) is 20.3 Å². The van der Waals surface area contributed by atoms with Crippen molar-refractivity contribution in [2.24, 2.45) is 0 Å². The van der Waals surface area contributed by atoms with Crippen LogP contribution in [0, 0.1) is 0 Å². The van der Waals surface area contributed by atoms with Gasteiger partial charge >= 0.3 is 5.63 Å². The van der Waals surface area contributed by atoms with Crippen LogP contribution < -0.4 is 15.1 Å². The lowest BCUT2D eigenvalue weighted by Gasteiger charge is -2.13. The molecule has 0 fully saturated rings. The largest absolute Gasteiger partial charge is 0.493 e. The lowest BCUT2D eigenvalue weighted by atomic mass is 10.1. The zero-order valence-electron chi connectivity index (χ0n) is 12.7. The molecule has 0 amide bonds. The van der Waals surface area contributed by atoms with Crippen LogP contribution >= 0.6 is 0 Å². The first kappa shape index (κ1) is 14.9. The predicted molar refractivity (Wildman–Crippen MR) is 82.9 cm³/mol. The molecule has 0 unspecified atom stereocenters. The summed E-state index contributed by atoms with van der Waals surface area (Å²) in [6, 6.07) is 3.62. The van der Waals surface area contributed by atoms with Gasteiger partial charge in [0, 0.05) is 23.6 Å². The number of rotatable bonds is 6. The maximum Gasteiger partial charge on any atom is 0.339 e. The Morgan fingerprint density at radius 2 is 2.00 bits per heavy atom. The number of ether oxygens (including phenoxy) is 2. The Bertz CT molecular complexity index is 732. The fourth-order valence-corrected chi connectivity index (χ4v) is 2.96. The van der Waals surface area contributed by atoms with Gasteiger partial charge in [0.2, 0.25) is 0 Å². The summed E-state index contributed by atoms with van der Waals surface area (Å²) >= 11 is 0. The summed E-state index contributed by atoms with van der Waals surface area (Å²) in [5, 5.41) is 9.75. The first-order valence-electron chi connectivity index (χ1n) is 7.65. The van der Waals surface area contributed by atoms with Gasteiger partial charge in [-0.1, -0.05) is 0 Å². The highest BCUT2D eigenvalue weighted by molar-refractivity contribution is 5.85. The number of hydrogen-bond donors (Lipinski definition) is 1. The summed E-state index contributed by atoms with van der Waals surface area (Å²) in [4.78, 5) is 12.0. The molecule has 0 spiro atoms. The maximum absolute atomic E-state index is 12.0. The van der Waals surface area contributed by atoms with Crippen molar-refractivity contribution < 1.29 is 19.0 Å². The third-order valence-corrected chi connectivity index (χ3v) is 4.07. The highest BCUT2D eigenvalue weighted by Gasteiger charge is 2.21. The van der Waals surface area contributed by atoms with Crippen LogP contribution in [0.15, 0.2) is 21.3 Å². The second-order valence-corrected chi connectivity index (χ2v) is 5.48. The lowest BCUT2D eigenvalue weighted by molar-refractivity contribution is 0.247. The smallest absolute Gasteiger partial charge is 0.339 e. The van der Waals surface area contributed by atoms with E-state index in [-0.39, 0.29) is 12.2 Å². The van der Waals surface area contributed by atoms with E-state index in [1.807, 2.05) is 6.07 Å². The fraction of sp³-hybridized carbons (Fsp3) is 0.471. The van der Waals surface area contributed by atoms with Crippen LogP contribution in [0.5, 0.6) is 11.5 Å². The Kier molecular flexibility index (Phi) is 4.34. The van der Waals surface area contributed by atoms with Gasteiger partial charge in [0.1, 0.15) is 5.58 Å². The maximum atomic E-state index is 12.0. The highest BCUT2D eigenvalue weighted by Crippen LogP contribution is 2.36. The summed E-state index contributed by atoms with van der Waals surface area (Å²) in [6.07, 6.45) is 4.15. The number of fused-ring (bicyclic) bond motifs is 3. The van der Waals surface area contributed by atoms with E-state index in [0.717, 1.165) is 42.2 Å². The van der Waals surface area contributed by atoms with Crippen molar-refractivity contribution in [3.63, 3.8) is 0 Å². The Morgan fingerprint density at radius 3 is 2.77 bits per heavy atom. The van der Waals surface area contributed by atoms with Gasteiger partial charge in [0.05, 0.1) is 13.7 Å². The fourth-order valence-electron chi connectivity index (χ4n) is 2.96. The molecule has 0 saturated heterocycles. The number of hydrogen-bond acceptors (Lipinski definition) is 5. The Morgan fingerprint density at radius 1 is 1.18 bits per heavy atom. The minimum absolute atomic E-state index is 0.164. The van der Waals surface area contributed by atoms with Crippen LogP contribution in [0.25, 0.3) is 11.0 Å². The van der Waals surface area contributed by atoms with E-state index in [9.17, 15) is 4.79 Å². The van der Waals surface area contributed by atoms with Gasteiger partial charge in [-0.05, 0) is 43.7 Å². The zero-order valence-corrected chi connectivity index (χ0v) is 12.7. The van der Waals surface area contributed by atoms with E-state index in [1.165, 1.54) is 0 Å². The van der Waals surface area contributed by atoms with Gasteiger partial charge < -0.3 is 19.0 Å². The van der Waals surface area contributed by atoms with Crippen LogP contribution in [0.2, 0.25) is 0 Å². The average molecular weight is 304 g/mol. The van der Waals surface area contributed by atoms with Crippen molar-refractivity contribution in [1.82, 2.24) is 0 Å². The molecular weight excluding hydrogens is 284 g/mol. The van der Waals surface area contributed by atoms with Gasteiger partial charge in [-0.15, -0.1) is 0 Å². The molecule has 1 aliphatic rings. The molecule has 5 heteroatoms. The van der Waals surface area contributed by atoms with Gasteiger partial charge in [-0.3, -0.25) is 0 Å². The molecule has 0 bridgehead atoms. The molecule has 1 aromatic heterocycles. The first-order chi connectivity index (χ1) is 10.7. The number of aliphatic hydroxyl groups excluding tert-OH is 1. The van der Waals surface area contributed by atoms with E-state index in [2.05, 4.69) is 0 Å². The van der Waals surface area contributed by atoms with Crippen LogP contribution in [0.1, 0.15) is 30.4 Å². The Labute approximate surface area is 128 Å².